The van der Waals surface area contributed by atoms with Gasteiger partial charge in [0.1, 0.15) is 17.3 Å². The first-order chi connectivity index (χ1) is 9.95. The van der Waals surface area contributed by atoms with Gasteiger partial charge in [0, 0.05) is 11.5 Å². The molecule has 0 radical (unpaired) electrons. The number of pyridine rings is 1. The molecule has 1 aromatic carbocycles. The van der Waals surface area contributed by atoms with E-state index in [1.165, 1.54) is 12.1 Å². The number of aromatic carboxylic acids is 1. The van der Waals surface area contributed by atoms with Crippen LogP contribution >= 0.6 is 11.6 Å². The zero-order valence-electron chi connectivity index (χ0n) is 10.9. The van der Waals surface area contributed by atoms with Gasteiger partial charge in [-0.05, 0) is 31.2 Å². The summed E-state index contributed by atoms with van der Waals surface area (Å²) in [7, 11) is 0. The topological polar surface area (TPSA) is 63.3 Å². The molecule has 2 aromatic heterocycles. The first-order valence-electron chi connectivity index (χ1n) is 6.05. The van der Waals surface area contributed by atoms with E-state index in [0.29, 0.717) is 17.2 Å². The molecule has 0 bridgehead atoms. The second-order valence-corrected chi connectivity index (χ2v) is 4.96. The van der Waals surface area contributed by atoms with Crippen LogP contribution in [-0.2, 0) is 0 Å². The van der Waals surface area contributed by atoms with E-state index in [0.717, 1.165) is 6.07 Å². The Morgan fingerprint density at radius 3 is 2.71 bits per heavy atom. The van der Waals surface area contributed by atoms with Crippen LogP contribution in [0.15, 0.2) is 34.7 Å². The van der Waals surface area contributed by atoms with Crippen LogP contribution in [0, 0.1) is 12.7 Å². The van der Waals surface area contributed by atoms with Crippen molar-refractivity contribution < 1.29 is 18.7 Å². The van der Waals surface area contributed by atoms with Crippen LogP contribution in [0.5, 0.6) is 0 Å². The van der Waals surface area contributed by atoms with E-state index in [1.807, 2.05) is 0 Å². The number of carboxylic acid groups (broad SMARTS) is 1. The average Bonchev–Trinajstić information content (AvgIpc) is 2.85. The van der Waals surface area contributed by atoms with E-state index in [4.69, 9.17) is 16.0 Å². The summed E-state index contributed by atoms with van der Waals surface area (Å²) in [6, 6.07) is 7.19. The molecule has 3 rings (SSSR count). The molecule has 0 saturated heterocycles. The Bertz CT molecular complexity index is 873. The van der Waals surface area contributed by atoms with Crippen molar-refractivity contribution in [2.75, 3.05) is 0 Å². The van der Waals surface area contributed by atoms with Gasteiger partial charge in [0.25, 0.3) is 0 Å². The maximum atomic E-state index is 13.6. The van der Waals surface area contributed by atoms with Gasteiger partial charge < -0.3 is 9.52 Å². The van der Waals surface area contributed by atoms with Gasteiger partial charge in [-0.15, -0.1) is 0 Å². The highest BCUT2D eigenvalue weighted by atomic mass is 35.5. The molecule has 3 aromatic rings. The molecule has 2 heterocycles. The highest BCUT2D eigenvalue weighted by Crippen LogP contribution is 2.29. The summed E-state index contributed by atoms with van der Waals surface area (Å²) in [5.41, 5.74) is 0.529. The monoisotopic (exact) mass is 305 g/mol. The number of carboxylic acids is 1. The predicted molar refractivity (Wildman–Crippen MR) is 76.1 cm³/mol. The Morgan fingerprint density at radius 1 is 1.33 bits per heavy atom. The first kappa shape index (κ1) is 13.6. The fourth-order valence-corrected chi connectivity index (χ4v) is 2.26. The second-order valence-electron chi connectivity index (χ2n) is 4.55. The van der Waals surface area contributed by atoms with Crippen LogP contribution in [0.25, 0.3) is 22.4 Å². The molecule has 0 unspecified atom stereocenters. The van der Waals surface area contributed by atoms with Gasteiger partial charge >= 0.3 is 5.97 Å². The van der Waals surface area contributed by atoms with Gasteiger partial charge in [-0.25, -0.2) is 14.2 Å². The van der Waals surface area contributed by atoms with Gasteiger partial charge in [0.15, 0.2) is 5.76 Å². The van der Waals surface area contributed by atoms with E-state index in [2.05, 4.69) is 4.98 Å². The van der Waals surface area contributed by atoms with Crippen LogP contribution in [0.4, 0.5) is 4.39 Å². The summed E-state index contributed by atoms with van der Waals surface area (Å²) in [6.07, 6.45) is 0. The summed E-state index contributed by atoms with van der Waals surface area (Å²) >= 11 is 5.71. The van der Waals surface area contributed by atoms with E-state index in [-0.39, 0.29) is 21.5 Å². The number of hydrogen-bond acceptors (Lipinski definition) is 3. The third-order valence-corrected chi connectivity index (χ3v) is 3.36. The van der Waals surface area contributed by atoms with Crippen LogP contribution in [-0.4, -0.2) is 16.1 Å². The number of aryl methyl sites for hydroxylation is 1. The minimum absolute atomic E-state index is 0.00838. The van der Waals surface area contributed by atoms with Gasteiger partial charge in [-0.2, -0.15) is 0 Å². The normalized spacial score (nSPS) is 11.0. The lowest BCUT2D eigenvalue weighted by Crippen LogP contribution is -2.00. The third kappa shape index (κ3) is 2.36. The summed E-state index contributed by atoms with van der Waals surface area (Å²) in [6.45, 7) is 1.77. The lowest BCUT2D eigenvalue weighted by atomic mass is 10.1. The summed E-state index contributed by atoms with van der Waals surface area (Å²) in [5.74, 6) is -0.700. The van der Waals surface area contributed by atoms with Crippen molar-refractivity contribution in [2.45, 2.75) is 6.92 Å². The van der Waals surface area contributed by atoms with Crippen molar-refractivity contribution >= 4 is 28.5 Å². The quantitative estimate of drug-likeness (QED) is 0.767. The van der Waals surface area contributed by atoms with Crippen LogP contribution in [0.3, 0.4) is 0 Å². The fourth-order valence-electron chi connectivity index (χ4n) is 2.10. The number of hydrogen-bond donors (Lipinski definition) is 1. The molecule has 0 spiro atoms. The van der Waals surface area contributed by atoms with Crippen molar-refractivity contribution in [3.63, 3.8) is 0 Å². The Hall–Kier alpha value is -2.40. The predicted octanol–water partition coefficient (Wildman–Crippen LogP) is 4.29. The number of halogens is 2. The molecule has 0 amide bonds. The molecule has 6 heteroatoms. The third-order valence-electron chi connectivity index (χ3n) is 3.07. The molecular weight excluding hydrogens is 297 g/mol. The fraction of sp³-hybridized carbons (Fsp3) is 0.0667. The standard InChI is InChI=1S/C15H9ClFNO3/c1-7-2-3-14(21-7)13-5-9(15(19)20)8-4-10(16)11(17)6-12(8)18-13/h2-6H,1H3,(H,19,20). The van der Waals surface area contributed by atoms with Crippen molar-refractivity contribution in [2.24, 2.45) is 0 Å². The maximum absolute atomic E-state index is 13.6. The number of rotatable bonds is 2. The molecule has 0 saturated carbocycles. The van der Waals surface area contributed by atoms with Crippen LogP contribution in [0.2, 0.25) is 5.02 Å². The zero-order chi connectivity index (χ0) is 15.1. The largest absolute Gasteiger partial charge is 0.478 e. The summed E-state index contributed by atoms with van der Waals surface area (Å²) in [5, 5.41) is 9.46. The maximum Gasteiger partial charge on any atom is 0.336 e. The Morgan fingerprint density at radius 2 is 2.10 bits per heavy atom. The smallest absolute Gasteiger partial charge is 0.336 e. The van der Waals surface area contributed by atoms with Gasteiger partial charge in [-0.1, -0.05) is 11.6 Å². The minimum atomic E-state index is -1.14. The van der Waals surface area contributed by atoms with E-state index < -0.39 is 11.8 Å². The molecule has 1 N–H and O–H groups in total. The number of fused-ring (bicyclic) bond motifs is 1. The van der Waals surface area contributed by atoms with Crippen molar-refractivity contribution in [3.8, 4) is 11.5 Å². The second kappa shape index (κ2) is 4.86. The highest BCUT2D eigenvalue weighted by Gasteiger charge is 2.16. The summed E-state index contributed by atoms with van der Waals surface area (Å²) < 4.78 is 19.0. The number of furan rings is 1. The van der Waals surface area contributed by atoms with Gasteiger partial charge in [0.05, 0.1) is 16.1 Å². The average molecular weight is 306 g/mol. The molecular formula is C15H9ClFNO3. The van der Waals surface area contributed by atoms with Crippen LogP contribution in [0.1, 0.15) is 16.1 Å². The lowest BCUT2D eigenvalue weighted by Gasteiger charge is -2.06. The van der Waals surface area contributed by atoms with Crippen molar-refractivity contribution in [1.29, 1.82) is 0 Å². The molecule has 4 nitrogen and oxygen atoms in total. The van der Waals surface area contributed by atoms with Crippen LogP contribution < -0.4 is 0 Å². The Kier molecular flexibility index (Phi) is 3.14. The molecule has 0 aliphatic rings. The number of nitrogens with zero attached hydrogens (tertiary/aromatic N) is 1. The van der Waals surface area contributed by atoms with E-state index in [9.17, 15) is 14.3 Å². The number of aromatic nitrogens is 1. The van der Waals surface area contributed by atoms with Gasteiger partial charge in [-0.3, -0.25) is 0 Å². The molecule has 0 aliphatic carbocycles. The molecule has 0 atom stereocenters. The molecule has 21 heavy (non-hydrogen) atoms. The molecule has 106 valence electrons. The summed E-state index contributed by atoms with van der Waals surface area (Å²) in [4.78, 5) is 15.7. The van der Waals surface area contributed by atoms with E-state index in [1.54, 1.807) is 19.1 Å². The lowest BCUT2D eigenvalue weighted by molar-refractivity contribution is 0.0699. The Balaban J connectivity index is 2.34. The van der Waals surface area contributed by atoms with Gasteiger partial charge in [0.2, 0.25) is 0 Å². The molecule has 0 aliphatic heterocycles. The number of benzene rings is 1. The zero-order valence-corrected chi connectivity index (χ0v) is 11.6. The first-order valence-corrected chi connectivity index (χ1v) is 6.43. The SMILES string of the molecule is Cc1ccc(-c2cc(C(=O)O)c3cc(Cl)c(F)cc3n2)o1. The Labute approximate surface area is 123 Å². The van der Waals surface area contributed by atoms with Crippen molar-refractivity contribution in [1.82, 2.24) is 4.98 Å². The number of carbonyl (C=O) groups is 1. The minimum Gasteiger partial charge on any atom is -0.478 e. The molecule has 0 fully saturated rings. The highest BCUT2D eigenvalue weighted by molar-refractivity contribution is 6.31. The van der Waals surface area contributed by atoms with E-state index >= 15 is 0 Å². The van der Waals surface area contributed by atoms with Crippen molar-refractivity contribution in [3.05, 3.63) is 52.5 Å².